The molecule has 0 unspecified atom stereocenters. The Kier molecular flexibility index (Phi) is 6.08. The number of nitrogens with zero attached hydrogens (tertiary/aromatic N) is 2. The third-order valence-electron chi connectivity index (χ3n) is 4.39. The molecule has 0 radical (unpaired) electrons. The molecular formula is C19H23N3O5. The number of methoxy groups -OCH3 is 2. The highest BCUT2D eigenvalue weighted by Gasteiger charge is 2.17. The summed E-state index contributed by atoms with van der Waals surface area (Å²) < 4.78 is 17.1. The molecular weight excluding hydrogens is 350 g/mol. The van der Waals surface area contributed by atoms with E-state index >= 15 is 0 Å². The lowest BCUT2D eigenvalue weighted by molar-refractivity contribution is -0.122. The van der Waals surface area contributed by atoms with Crippen LogP contribution in [-0.2, 0) is 16.1 Å². The summed E-state index contributed by atoms with van der Waals surface area (Å²) in [6.07, 6.45) is 1.98. The van der Waals surface area contributed by atoms with Gasteiger partial charge in [0.05, 0.1) is 20.3 Å². The van der Waals surface area contributed by atoms with Crippen LogP contribution in [0.2, 0.25) is 0 Å². The Morgan fingerprint density at radius 3 is 2.70 bits per heavy atom. The van der Waals surface area contributed by atoms with Crippen molar-refractivity contribution in [1.29, 1.82) is 0 Å². The number of rotatable bonds is 7. The van der Waals surface area contributed by atoms with Crippen molar-refractivity contribution in [3.05, 3.63) is 40.7 Å². The molecule has 1 saturated heterocycles. The van der Waals surface area contributed by atoms with E-state index in [0.717, 1.165) is 29.7 Å². The zero-order valence-electron chi connectivity index (χ0n) is 15.4. The number of amides is 1. The van der Waals surface area contributed by atoms with Crippen LogP contribution in [0.3, 0.4) is 0 Å². The molecule has 2 aromatic rings. The molecule has 144 valence electrons. The largest absolute Gasteiger partial charge is 0.497 e. The molecule has 1 aromatic carbocycles. The lowest BCUT2D eigenvalue weighted by Crippen LogP contribution is -2.37. The molecule has 8 heteroatoms. The van der Waals surface area contributed by atoms with Crippen molar-refractivity contribution in [1.82, 2.24) is 15.1 Å². The van der Waals surface area contributed by atoms with E-state index in [1.54, 1.807) is 19.2 Å². The third-order valence-corrected chi connectivity index (χ3v) is 4.39. The van der Waals surface area contributed by atoms with Gasteiger partial charge in [0.2, 0.25) is 5.91 Å². The number of nitrogens with one attached hydrogen (secondary N) is 1. The molecule has 3 rings (SSSR count). The van der Waals surface area contributed by atoms with Gasteiger partial charge >= 0.3 is 0 Å². The van der Waals surface area contributed by atoms with Crippen molar-refractivity contribution >= 4 is 5.91 Å². The Hall–Kier alpha value is -2.87. The number of aromatic nitrogens is 2. The molecule has 1 fully saturated rings. The van der Waals surface area contributed by atoms with Crippen molar-refractivity contribution in [3.8, 4) is 22.8 Å². The van der Waals surface area contributed by atoms with Crippen LogP contribution < -0.4 is 20.3 Å². The Balaban J connectivity index is 1.78. The zero-order valence-corrected chi connectivity index (χ0v) is 15.4. The summed E-state index contributed by atoms with van der Waals surface area (Å²) in [5.41, 5.74) is 0.823. The highest BCUT2D eigenvalue weighted by molar-refractivity contribution is 5.75. The van der Waals surface area contributed by atoms with Crippen LogP contribution in [-0.4, -0.2) is 49.2 Å². The van der Waals surface area contributed by atoms with Crippen molar-refractivity contribution in [2.75, 3.05) is 27.4 Å². The first-order valence-electron chi connectivity index (χ1n) is 8.79. The Bertz CT molecular complexity index is 841. The highest BCUT2D eigenvalue weighted by atomic mass is 16.5. The molecule has 1 N–H and O–H groups in total. The van der Waals surface area contributed by atoms with Crippen molar-refractivity contribution in [2.45, 2.75) is 25.5 Å². The Labute approximate surface area is 157 Å². The van der Waals surface area contributed by atoms with Crippen LogP contribution in [0.1, 0.15) is 12.8 Å². The van der Waals surface area contributed by atoms with E-state index in [4.69, 9.17) is 14.2 Å². The maximum atomic E-state index is 12.3. The lowest BCUT2D eigenvalue weighted by atomic mass is 10.1. The summed E-state index contributed by atoms with van der Waals surface area (Å²) in [5.74, 6) is 0.770. The first kappa shape index (κ1) is 18.9. The topological polar surface area (TPSA) is 91.7 Å². The third kappa shape index (κ3) is 4.65. The molecule has 0 spiro atoms. The van der Waals surface area contributed by atoms with Gasteiger partial charge < -0.3 is 19.5 Å². The number of hydrogen-bond donors (Lipinski definition) is 1. The van der Waals surface area contributed by atoms with Gasteiger partial charge in [-0.15, -0.1) is 0 Å². The number of carbonyl (C=O) groups excluding carboxylic acids is 1. The summed E-state index contributed by atoms with van der Waals surface area (Å²) in [6, 6.07) is 8.55. The second-order valence-corrected chi connectivity index (χ2v) is 6.22. The fraction of sp³-hybridized carbons (Fsp3) is 0.421. The van der Waals surface area contributed by atoms with Crippen molar-refractivity contribution in [3.63, 3.8) is 0 Å². The standard InChI is InChI=1S/C19H23N3O5/c1-25-14-7-5-13(6-8-14)19-16(26-2)10-18(24)22(21-19)12-17(23)20-11-15-4-3-9-27-15/h5-8,10,15H,3-4,9,11-12H2,1-2H3,(H,20,23)/t15-/m1/s1. The molecule has 2 heterocycles. The van der Waals surface area contributed by atoms with Crippen LogP contribution in [0, 0.1) is 0 Å². The fourth-order valence-corrected chi connectivity index (χ4v) is 2.92. The number of hydrogen-bond acceptors (Lipinski definition) is 6. The molecule has 1 atom stereocenters. The van der Waals surface area contributed by atoms with Gasteiger partial charge in [-0.3, -0.25) is 9.59 Å². The molecule has 8 nitrogen and oxygen atoms in total. The molecule has 1 aliphatic heterocycles. The first-order valence-corrected chi connectivity index (χ1v) is 8.79. The average molecular weight is 373 g/mol. The van der Waals surface area contributed by atoms with Crippen LogP contribution in [0.15, 0.2) is 35.1 Å². The summed E-state index contributed by atoms with van der Waals surface area (Å²) in [7, 11) is 3.06. The van der Waals surface area contributed by atoms with Gasteiger partial charge in [0.25, 0.3) is 5.56 Å². The second kappa shape index (κ2) is 8.68. The maximum absolute atomic E-state index is 12.3. The molecule has 0 bridgehead atoms. The average Bonchev–Trinajstić information content (AvgIpc) is 3.21. The predicted octanol–water partition coefficient (Wildman–Crippen LogP) is 1.22. The summed E-state index contributed by atoms with van der Waals surface area (Å²) in [4.78, 5) is 24.5. The Morgan fingerprint density at radius 1 is 1.30 bits per heavy atom. The van der Waals surface area contributed by atoms with Gasteiger partial charge in [0, 0.05) is 24.8 Å². The van der Waals surface area contributed by atoms with E-state index in [1.165, 1.54) is 13.2 Å². The van der Waals surface area contributed by atoms with Crippen LogP contribution >= 0.6 is 0 Å². The minimum absolute atomic E-state index is 0.0457. The molecule has 0 saturated carbocycles. The van der Waals surface area contributed by atoms with E-state index in [9.17, 15) is 9.59 Å². The minimum atomic E-state index is -0.406. The quantitative estimate of drug-likeness (QED) is 0.785. The monoisotopic (exact) mass is 373 g/mol. The smallest absolute Gasteiger partial charge is 0.270 e. The van der Waals surface area contributed by atoms with E-state index in [2.05, 4.69) is 10.4 Å². The summed E-state index contributed by atoms with van der Waals surface area (Å²) in [6.45, 7) is 0.999. The molecule has 1 amide bonds. The summed E-state index contributed by atoms with van der Waals surface area (Å²) >= 11 is 0. The van der Waals surface area contributed by atoms with E-state index < -0.39 is 5.56 Å². The van der Waals surface area contributed by atoms with Gasteiger partial charge in [0.15, 0.2) is 5.75 Å². The van der Waals surface area contributed by atoms with E-state index in [0.29, 0.717) is 23.7 Å². The predicted molar refractivity (Wildman–Crippen MR) is 99.0 cm³/mol. The first-order chi connectivity index (χ1) is 13.1. The lowest BCUT2D eigenvalue weighted by Gasteiger charge is -2.13. The van der Waals surface area contributed by atoms with Gasteiger partial charge in [-0.25, -0.2) is 4.68 Å². The SMILES string of the molecule is COc1ccc(-c2nn(CC(=O)NC[C@H]3CCCO3)c(=O)cc2OC)cc1. The van der Waals surface area contributed by atoms with Gasteiger partial charge in [-0.05, 0) is 37.1 Å². The maximum Gasteiger partial charge on any atom is 0.270 e. The molecule has 0 aliphatic carbocycles. The number of ether oxygens (including phenoxy) is 3. The van der Waals surface area contributed by atoms with Gasteiger partial charge in [-0.1, -0.05) is 0 Å². The number of benzene rings is 1. The zero-order chi connectivity index (χ0) is 19.2. The molecule has 1 aromatic heterocycles. The normalized spacial score (nSPS) is 16.1. The summed E-state index contributed by atoms with van der Waals surface area (Å²) in [5, 5.41) is 7.13. The molecule has 27 heavy (non-hydrogen) atoms. The fourth-order valence-electron chi connectivity index (χ4n) is 2.92. The van der Waals surface area contributed by atoms with Crippen LogP contribution in [0.4, 0.5) is 0 Å². The van der Waals surface area contributed by atoms with E-state index in [1.807, 2.05) is 12.1 Å². The van der Waals surface area contributed by atoms with Gasteiger partial charge in [0.1, 0.15) is 18.0 Å². The minimum Gasteiger partial charge on any atom is -0.497 e. The molecule has 1 aliphatic rings. The van der Waals surface area contributed by atoms with Crippen LogP contribution in [0.25, 0.3) is 11.3 Å². The second-order valence-electron chi connectivity index (χ2n) is 6.22. The highest BCUT2D eigenvalue weighted by Crippen LogP contribution is 2.27. The number of carbonyl (C=O) groups is 1. The van der Waals surface area contributed by atoms with Crippen molar-refractivity contribution in [2.24, 2.45) is 0 Å². The van der Waals surface area contributed by atoms with E-state index in [-0.39, 0.29) is 18.6 Å². The van der Waals surface area contributed by atoms with Crippen LogP contribution in [0.5, 0.6) is 11.5 Å². The Morgan fingerprint density at radius 2 is 2.07 bits per heavy atom. The van der Waals surface area contributed by atoms with Gasteiger partial charge in [-0.2, -0.15) is 5.10 Å². The van der Waals surface area contributed by atoms with Crippen molar-refractivity contribution < 1.29 is 19.0 Å².